The molecule has 0 saturated carbocycles. The van der Waals surface area contributed by atoms with Gasteiger partial charge in [-0.05, 0) is 18.6 Å². The van der Waals surface area contributed by atoms with E-state index in [1.54, 1.807) is 0 Å². The van der Waals surface area contributed by atoms with Crippen LogP contribution in [0, 0.1) is 0 Å². The number of para-hydroxylation sites is 1. The van der Waals surface area contributed by atoms with Crippen LogP contribution in [-0.4, -0.2) is 0 Å². The zero-order chi connectivity index (χ0) is 9.84. The van der Waals surface area contributed by atoms with Crippen molar-refractivity contribution in [1.29, 1.82) is 0 Å². The van der Waals surface area contributed by atoms with Crippen LogP contribution in [0.3, 0.4) is 0 Å². The molecule has 13 heavy (non-hydrogen) atoms. The Kier molecular flexibility index (Phi) is 3.38. The number of allylic oxidation sites excluding steroid dienone is 2. The molecule has 0 amide bonds. The maximum absolute atomic E-state index is 6.03. The lowest BCUT2D eigenvalue weighted by molar-refractivity contribution is 0.948. The van der Waals surface area contributed by atoms with E-state index in [0.29, 0.717) is 0 Å². The number of rotatable bonds is 2. The molecule has 1 unspecified atom stereocenters. The predicted octanol–water partition coefficient (Wildman–Crippen LogP) is 3.51. The molecule has 1 rings (SSSR count). The maximum atomic E-state index is 6.03. The number of benzene rings is 1. The summed E-state index contributed by atoms with van der Waals surface area (Å²) in [5, 5.41) is 0.831. The Hall–Kier alpha value is -0.950. The molecular formula is C11H14ClN. The highest BCUT2D eigenvalue weighted by molar-refractivity contribution is 6.30. The van der Waals surface area contributed by atoms with E-state index in [1.807, 2.05) is 44.2 Å². The molecule has 0 saturated heterocycles. The second kappa shape index (κ2) is 4.33. The summed E-state index contributed by atoms with van der Waals surface area (Å²) >= 11 is 6.03. The minimum absolute atomic E-state index is 0.188. The fourth-order valence-electron chi connectivity index (χ4n) is 1.30. The molecule has 2 N–H and O–H groups in total. The second-order valence-corrected chi connectivity index (χ2v) is 3.46. The summed E-state index contributed by atoms with van der Waals surface area (Å²) in [6.45, 7) is 3.98. The zero-order valence-electron chi connectivity index (χ0n) is 7.92. The first kappa shape index (κ1) is 10.1. The van der Waals surface area contributed by atoms with Gasteiger partial charge >= 0.3 is 0 Å². The van der Waals surface area contributed by atoms with Gasteiger partial charge in [-0.2, -0.15) is 0 Å². The third-order valence-corrected chi connectivity index (χ3v) is 2.70. The van der Waals surface area contributed by atoms with Crippen LogP contribution >= 0.6 is 11.6 Å². The summed E-state index contributed by atoms with van der Waals surface area (Å²) < 4.78 is 0. The Labute approximate surface area is 84.2 Å². The molecule has 0 fully saturated rings. The summed E-state index contributed by atoms with van der Waals surface area (Å²) in [6.07, 6.45) is 1.90. The molecule has 0 spiro atoms. The molecule has 1 nitrogen and oxygen atoms in total. The summed E-state index contributed by atoms with van der Waals surface area (Å²) in [4.78, 5) is 0. The molecule has 0 aliphatic heterocycles. The van der Waals surface area contributed by atoms with Crippen LogP contribution in [0.25, 0.3) is 0 Å². The fraction of sp³-hybridized carbons (Fsp3) is 0.273. The van der Waals surface area contributed by atoms with Gasteiger partial charge in [-0.15, -0.1) is 0 Å². The first-order valence-electron chi connectivity index (χ1n) is 4.33. The topological polar surface area (TPSA) is 26.0 Å². The Morgan fingerprint density at radius 3 is 2.62 bits per heavy atom. The molecule has 0 aliphatic rings. The third-order valence-electron chi connectivity index (χ3n) is 2.15. The molecule has 0 aromatic heterocycles. The zero-order valence-corrected chi connectivity index (χ0v) is 8.68. The van der Waals surface area contributed by atoms with E-state index in [0.717, 1.165) is 16.3 Å². The van der Waals surface area contributed by atoms with Gasteiger partial charge in [-0.3, -0.25) is 0 Å². The van der Waals surface area contributed by atoms with Crippen molar-refractivity contribution in [3.63, 3.8) is 0 Å². The van der Waals surface area contributed by atoms with E-state index in [4.69, 9.17) is 17.3 Å². The van der Waals surface area contributed by atoms with E-state index in [9.17, 15) is 0 Å². The summed E-state index contributed by atoms with van der Waals surface area (Å²) in [7, 11) is 0. The van der Waals surface area contributed by atoms with Crippen molar-refractivity contribution in [1.82, 2.24) is 0 Å². The number of anilines is 1. The van der Waals surface area contributed by atoms with E-state index in [-0.39, 0.29) is 5.92 Å². The van der Waals surface area contributed by atoms with Gasteiger partial charge in [0.1, 0.15) is 0 Å². The minimum Gasteiger partial charge on any atom is -0.398 e. The fourth-order valence-corrected chi connectivity index (χ4v) is 1.42. The lowest BCUT2D eigenvalue weighted by atomic mass is 9.99. The second-order valence-electron chi connectivity index (χ2n) is 3.02. The normalized spacial score (nSPS) is 14.2. The largest absolute Gasteiger partial charge is 0.398 e. The highest BCUT2D eigenvalue weighted by atomic mass is 35.5. The lowest BCUT2D eigenvalue weighted by Crippen LogP contribution is -1.98. The molecule has 1 aromatic carbocycles. The van der Waals surface area contributed by atoms with Crippen LogP contribution in [0.4, 0.5) is 5.69 Å². The van der Waals surface area contributed by atoms with Crippen LogP contribution in [-0.2, 0) is 0 Å². The Balaban J connectivity index is 3.02. The van der Waals surface area contributed by atoms with Crippen molar-refractivity contribution < 1.29 is 0 Å². The first-order valence-corrected chi connectivity index (χ1v) is 4.70. The number of hydrogen-bond donors (Lipinski definition) is 1. The van der Waals surface area contributed by atoms with Gasteiger partial charge in [-0.1, -0.05) is 42.8 Å². The highest BCUT2D eigenvalue weighted by Crippen LogP contribution is 2.29. The van der Waals surface area contributed by atoms with Crippen molar-refractivity contribution in [2.45, 2.75) is 19.8 Å². The number of nitrogens with two attached hydrogens (primary N) is 1. The molecule has 2 heteroatoms. The lowest BCUT2D eigenvalue weighted by Gasteiger charge is -2.12. The van der Waals surface area contributed by atoms with Gasteiger partial charge in [0, 0.05) is 16.6 Å². The van der Waals surface area contributed by atoms with Crippen LogP contribution in [0.15, 0.2) is 35.4 Å². The SMILES string of the molecule is C/C=C(/Cl)C(C)c1ccccc1N. The molecule has 0 aliphatic carbocycles. The van der Waals surface area contributed by atoms with Gasteiger partial charge < -0.3 is 5.73 Å². The summed E-state index contributed by atoms with van der Waals surface area (Å²) in [6, 6.07) is 7.80. The molecule has 0 heterocycles. The Bertz CT molecular complexity index is 318. The number of nitrogen functional groups attached to an aromatic ring is 1. The van der Waals surface area contributed by atoms with Gasteiger partial charge in [0.05, 0.1) is 0 Å². The summed E-state index contributed by atoms with van der Waals surface area (Å²) in [5.74, 6) is 0.188. The molecule has 1 aromatic rings. The minimum atomic E-state index is 0.188. The van der Waals surface area contributed by atoms with Crippen LogP contribution in [0.1, 0.15) is 25.3 Å². The van der Waals surface area contributed by atoms with Crippen molar-refractivity contribution >= 4 is 17.3 Å². The number of hydrogen-bond acceptors (Lipinski definition) is 1. The van der Waals surface area contributed by atoms with E-state index in [2.05, 4.69) is 0 Å². The maximum Gasteiger partial charge on any atom is 0.0353 e. The quantitative estimate of drug-likeness (QED) is 0.719. The Morgan fingerprint density at radius 1 is 1.46 bits per heavy atom. The average Bonchev–Trinajstić information content (AvgIpc) is 2.16. The van der Waals surface area contributed by atoms with Gasteiger partial charge in [-0.25, -0.2) is 0 Å². The van der Waals surface area contributed by atoms with Crippen molar-refractivity contribution in [3.8, 4) is 0 Å². The standard InChI is InChI=1S/C11H14ClN/c1-3-10(12)8(2)9-6-4-5-7-11(9)13/h3-8H,13H2,1-2H3/b10-3+. The average molecular weight is 196 g/mol. The van der Waals surface area contributed by atoms with Gasteiger partial charge in [0.15, 0.2) is 0 Å². The van der Waals surface area contributed by atoms with E-state index >= 15 is 0 Å². The van der Waals surface area contributed by atoms with Crippen LogP contribution < -0.4 is 5.73 Å². The van der Waals surface area contributed by atoms with Crippen LogP contribution in [0.5, 0.6) is 0 Å². The van der Waals surface area contributed by atoms with E-state index in [1.165, 1.54) is 0 Å². The highest BCUT2D eigenvalue weighted by Gasteiger charge is 2.10. The van der Waals surface area contributed by atoms with Gasteiger partial charge in [0.2, 0.25) is 0 Å². The summed E-state index contributed by atoms with van der Waals surface area (Å²) in [5.41, 5.74) is 7.72. The van der Waals surface area contributed by atoms with Crippen LogP contribution in [0.2, 0.25) is 0 Å². The molecular weight excluding hydrogens is 182 g/mol. The van der Waals surface area contributed by atoms with Crippen molar-refractivity contribution in [2.24, 2.45) is 0 Å². The number of halogens is 1. The predicted molar refractivity (Wildman–Crippen MR) is 58.9 cm³/mol. The monoisotopic (exact) mass is 195 g/mol. The smallest absolute Gasteiger partial charge is 0.0353 e. The molecule has 0 bridgehead atoms. The molecule has 70 valence electrons. The Morgan fingerprint density at radius 2 is 2.08 bits per heavy atom. The molecule has 0 radical (unpaired) electrons. The first-order chi connectivity index (χ1) is 6.16. The molecule has 1 atom stereocenters. The van der Waals surface area contributed by atoms with Crippen molar-refractivity contribution in [2.75, 3.05) is 5.73 Å². The van der Waals surface area contributed by atoms with Crippen molar-refractivity contribution in [3.05, 3.63) is 40.9 Å². The van der Waals surface area contributed by atoms with E-state index < -0.39 is 0 Å². The third kappa shape index (κ3) is 2.25. The van der Waals surface area contributed by atoms with Gasteiger partial charge in [0.25, 0.3) is 0 Å².